The molecule has 1 fully saturated rings. The van der Waals surface area contributed by atoms with Gasteiger partial charge >= 0.3 is 0 Å². The third-order valence-corrected chi connectivity index (χ3v) is 4.53. The molecule has 0 spiro atoms. The molecule has 1 heterocycles. The molecule has 0 saturated carbocycles. The fraction of sp³-hybridized carbons (Fsp3) is 0.588. The molecule has 0 aliphatic carbocycles. The van der Waals surface area contributed by atoms with E-state index in [9.17, 15) is 4.79 Å². The Morgan fingerprint density at radius 1 is 1.29 bits per heavy atom. The van der Waals surface area contributed by atoms with E-state index in [0.29, 0.717) is 5.41 Å². The van der Waals surface area contributed by atoms with Crippen LogP contribution in [0.2, 0.25) is 0 Å². The van der Waals surface area contributed by atoms with Gasteiger partial charge in [-0.15, -0.1) is 0 Å². The maximum absolute atomic E-state index is 12.1. The molecule has 1 amide bonds. The van der Waals surface area contributed by atoms with Crippen LogP contribution in [0.15, 0.2) is 30.3 Å². The maximum Gasteiger partial charge on any atom is 0.242 e. The quantitative estimate of drug-likeness (QED) is 0.508. The molecule has 1 aromatic carbocycles. The molecule has 1 aliphatic heterocycles. The van der Waals surface area contributed by atoms with Gasteiger partial charge in [-0.05, 0) is 43.3 Å². The third kappa shape index (κ3) is 4.55. The van der Waals surface area contributed by atoms with Gasteiger partial charge in [0.05, 0.1) is 5.92 Å². The van der Waals surface area contributed by atoms with E-state index in [1.165, 1.54) is 19.3 Å². The standard InChI is InChI=1S/C17H27N3O/c1-17(2)9-6-11-20(12-10-17)13-15(16(21)19-18)14-7-4-3-5-8-14/h3-5,7-8,15H,6,9-13,18H2,1-2H3,(H,19,21). The Labute approximate surface area is 127 Å². The molecule has 1 saturated heterocycles. The van der Waals surface area contributed by atoms with E-state index in [1.807, 2.05) is 30.3 Å². The molecule has 2 rings (SSSR count). The Morgan fingerprint density at radius 2 is 2.00 bits per heavy atom. The molecule has 1 atom stereocenters. The van der Waals surface area contributed by atoms with Crippen LogP contribution in [0.3, 0.4) is 0 Å². The van der Waals surface area contributed by atoms with Crippen LogP contribution in [0.1, 0.15) is 44.6 Å². The number of carbonyl (C=O) groups excluding carboxylic acids is 1. The highest BCUT2D eigenvalue weighted by molar-refractivity contribution is 5.83. The van der Waals surface area contributed by atoms with E-state index >= 15 is 0 Å². The number of hydrazine groups is 1. The number of rotatable bonds is 4. The van der Waals surface area contributed by atoms with E-state index in [1.54, 1.807) is 0 Å². The van der Waals surface area contributed by atoms with Gasteiger partial charge in [0.25, 0.3) is 0 Å². The lowest BCUT2D eigenvalue weighted by molar-refractivity contribution is -0.123. The number of hydrogen-bond donors (Lipinski definition) is 2. The van der Waals surface area contributed by atoms with Crippen molar-refractivity contribution in [2.75, 3.05) is 19.6 Å². The molecule has 0 bridgehead atoms. The van der Waals surface area contributed by atoms with E-state index in [2.05, 4.69) is 24.2 Å². The fourth-order valence-corrected chi connectivity index (χ4v) is 3.05. The summed E-state index contributed by atoms with van der Waals surface area (Å²) in [5.41, 5.74) is 3.76. The largest absolute Gasteiger partial charge is 0.302 e. The highest BCUT2D eigenvalue weighted by atomic mass is 16.2. The number of nitrogens with two attached hydrogens (primary N) is 1. The fourth-order valence-electron chi connectivity index (χ4n) is 3.05. The first-order chi connectivity index (χ1) is 10.0. The van der Waals surface area contributed by atoms with Crippen LogP contribution in [0.25, 0.3) is 0 Å². The lowest BCUT2D eigenvalue weighted by Crippen LogP contribution is -2.41. The summed E-state index contributed by atoms with van der Waals surface area (Å²) in [5.74, 6) is 5.07. The first kappa shape index (κ1) is 16.0. The van der Waals surface area contributed by atoms with Gasteiger partial charge in [0.15, 0.2) is 0 Å². The molecule has 0 radical (unpaired) electrons. The molecular formula is C17H27N3O. The van der Waals surface area contributed by atoms with Crippen LogP contribution < -0.4 is 11.3 Å². The van der Waals surface area contributed by atoms with Crippen LogP contribution in [0.4, 0.5) is 0 Å². The number of carbonyl (C=O) groups is 1. The Hall–Kier alpha value is -1.39. The van der Waals surface area contributed by atoms with Gasteiger partial charge in [-0.2, -0.15) is 0 Å². The second-order valence-corrected chi connectivity index (χ2v) is 6.79. The van der Waals surface area contributed by atoms with Crippen LogP contribution in [0, 0.1) is 5.41 Å². The topological polar surface area (TPSA) is 58.4 Å². The second-order valence-electron chi connectivity index (χ2n) is 6.79. The van der Waals surface area contributed by atoms with E-state index in [-0.39, 0.29) is 11.8 Å². The smallest absolute Gasteiger partial charge is 0.242 e. The Morgan fingerprint density at radius 3 is 2.67 bits per heavy atom. The molecule has 3 N–H and O–H groups in total. The predicted octanol–water partition coefficient (Wildman–Crippen LogP) is 2.27. The molecule has 21 heavy (non-hydrogen) atoms. The number of benzene rings is 1. The van der Waals surface area contributed by atoms with E-state index in [0.717, 1.165) is 25.2 Å². The van der Waals surface area contributed by atoms with Crippen molar-refractivity contribution < 1.29 is 4.79 Å². The molecular weight excluding hydrogens is 262 g/mol. The Bertz CT molecular complexity index is 458. The monoisotopic (exact) mass is 289 g/mol. The predicted molar refractivity (Wildman–Crippen MR) is 85.6 cm³/mol. The minimum atomic E-state index is -0.197. The number of nitrogens with one attached hydrogen (secondary N) is 1. The van der Waals surface area contributed by atoms with Gasteiger partial charge in [0, 0.05) is 6.54 Å². The van der Waals surface area contributed by atoms with Gasteiger partial charge < -0.3 is 4.90 Å². The molecule has 4 nitrogen and oxygen atoms in total. The van der Waals surface area contributed by atoms with Gasteiger partial charge in [-0.1, -0.05) is 44.2 Å². The number of likely N-dealkylation sites (tertiary alicyclic amines) is 1. The van der Waals surface area contributed by atoms with Crippen LogP contribution >= 0.6 is 0 Å². The average molecular weight is 289 g/mol. The summed E-state index contributed by atoms with van der Waals surface area (Å²) < 4.78 is 0. The summed E-state index contributed by atoms with van der Waals surface area (Å²) in [7, 11) is 0. The van der Waals surface area contributed by atoms with Gasteiger partial charge in [0.1, 0.15) is 0 Å². The van der Waals surface area contributed by atoms with E-state index in [4.69, 9.17) is 5.84 Å². The van der Waals surface area contributed by atoms with Crippen molar-refractivity contribution in [2.24, 2.45) is 11.3 Å². The minimum Gasteiger partial charge on any atom is -0.302 e. The highest BCUT2D eigenvalue weighted by Gasteiger charge is 2.27. The van der Waals surface area contributed by atoms with Crippen molar-refractivity contribution >= 4 is 5.91 Å². The molecule has 1 aromatic rings. The zero-order valence-electron chi connectivity index (χ0n) is 13.1. The SMILES string of the molecule is CC1(C)CCCN(CC(C(=O)NN)c2ccccc2)CC1. The summed E-state index contributed by atoms with van der Waals surface area (Å²) >= 11 is 0. The highest BCUT2D eigenvalue weighted by Crippen LogP contribution is 2.30. The van der Waals surface area contributed by atoms with Gasteiger partial charge in [-0.25, -0.2) is 5.84 Å². The van der Waals surface area contributed by atoms with Crippen LogP contribution in [0.5, 0.6) is 0 Å². The average Bonchev–Trinajstić information content (AvgIpc) is 2.66. The van der Waals surface area contributed by atoms with Crippen molar-refractivity contribution in [1.29, 1.82) is 0 Å². The van der Waals surface area contributed by atoms with Crippen molar-refractivity contribution in [1.82, 2.24) is 10.3 Å². The van der Waals surface area contributed by atoms with Gasteiger partial charge in [-0.3, -0.25) is 10.2 Å². The number of nitrogens with zero attached hydrogens (tertiary/aromatic N) is 1. The molecule has 0 aromatic heterocycles. The van der Waals surface area contributed by atoms with Crippen molar-refractivity contribution in [3.05, 3.63) is 35.9 Å². The first-order valence-electron chi connectivity index (χ1n) is 7.79. The van der Waals surface area contributed by atoms with Crippen molar-refractivity contribution in [3.8, 4) is 0 Å². The maximum atomic E-state index is 12.1. The zero-order chi connectivity index (χ0) is 15.3. The Kier molecular flexibility index (Phi) is 5.37. The third-order valence-electron chi connectivity index (χ3n) is 4.53. The van der Waals surface area contributed by atoms with Crippen molar-refractivity contribution in [2.45, 2.75) is 39.0 Å². The normalized spacial score (nSPS) is 20.5. The molecule has 1 unspecified atom stereocenters. The number of hydrogen-bond acceptors (Lipinski definition) is 3. The zero-order valence-corrected chi connectivity index (χ0v) is 13.1. The summed E-state index contributed by atoms with van der Waals surface area (Å²) in [6.07, 6.45) is 3.63. The van der Waals surface area contributed by atoms with Crippen LogP contribution in [-0.2, 0) is 4.79 Å². The van der Waals surface area contributed by atoms with E-state index < -0.39 is 0 Å². The summed E-state index contributed by atoms with van der Waals surface area (Å²) in [5, 5.41) is 0. The summed E-state index contributed by atoms with van der Waals surface area (Å²) in [4.78, 5) is 14.5. The molecule has 1 aliphatic rings. The lowest BCUT2D eigenvalue weighted by Gasteiger charge is -2.26. The van der Waals surface area contributed by atoms with Crippen molar-refractivity contribution in [3.63, 3.8) is 0 Å². The summed E-state index contributed by atoms with van der Waals surface area (Å²) in [6, 6.07) is 9.91. The van der Waals surface area contributed by atoms with Gasteiger partial charge in [0.2, 0.25) is 5.91 Å². The second kappa shape index (κ2) is 7.05. The summed E-state index contributed by atoms with van der Waals surface area (Å²) in [6.45, 7) is 7.51. The molecule has 116 valence electrons. The number of amides is 1. The first-order valence-corrected chi connectivity index (χ1v) is 7.79. The minimum absolute atomic E-state index is 0.107. The molecule has 4 heteroatoms. The lowest BCUT2D eigenvalue weighted by atomic mass is 9.85. The Balaban J connectivity index is 2.07. The van der Waals surface area contributed by atoms with Crippen LogP contribution in [-0.4, -0.2) is 30.4 Å².